The molecule has 0 saturated carbocycles. The maximum absolute atomic E-state index is 13.4. The van der Waals surface area contributed by atoms with Crippen LogP contribution in [0.1, 0.15) is 58.0 Å². The number of furan rings is 1. The summed E-state index contributed by atoms with van der Waals surface area (Å²) in [6.45, 7) is 1.92. The van der Waals surface area contributed by atoms with E-state index in [9.17, 15) is 27.2 Å². The van der Waals surface area contributed by atoms with Crippen LogP contribution in [0.2, 0.25) is 5.02 Å². The van der Waals surface area contributed by atoms with Gasteiger partial charge in [-0.1, -0.05) is 17.7 Å². The molecule has 0 spiro atoms. The van der Waals surface area contributed by atoms with Crippen LogP contribution >= 0.6 is 11.6 Å². The molecule has 0 atom stereocenters. The lowest BCUT2D eigenvalue weighted by molar-refractivity contribution is 0.0992. The smallest absolute Gasteiger partial charge is 0.291 e. The number of carbonyl (C=O) groups is 2. The molecular weight excluding hydrogens is 520 g/mol. The lowest BCUT2D eigenvalue weighted by Crippen LogP contribution is -2.17. The molecule has 9 nitrogen and oxygen atoms in total. The van der Waals surface area contributed by atoms with Gasteiger partial charge in [-0.15, -0.1) is 0 Å². The Morgan fingerprint density at radius 2 is 1.70 bits per heavy atom. The van der Waals surface area contributed by atoms with E-state index < -0.39 is 41.7 Å². The highest BCUT2D eigenvalue weighted by molar-refractivity contribution is 6.32. The lowest BCUT2D eigenvalue weighted by Gasteiger charge is -2.09. The molecule has 0 aliphatic heterocycles. The van der Waals surface area contributed by atoms with Crippen molar-refractivity contribution in [2.24, 2.45) is 0 Å². The van der Waals surface area contributed by atoms with E-state index in [0.29, 0.717) is 28.3 Å². The molecule has 14 heteroatoms. The van der Waals surface area contributed by atoms with Gasteiger partial charge in [0.25, 0.3) is 24.7 Å². The molecule has 0 unspecified atom stereocenters. The standard InChI is InChI=1S/C23H19ClF4N6O3/c1-2-33-15(8-9-29-33)22(35)30-12-4-3-5-13(10-12)31-23(36)16-7-6-14(37-16)11-34-19(21(27)28)17(24)18(32-34)20(25)26/h3-10,20-21H,2,11H2,1H3,(H,30,35)(H,31,36). The molecule has 1 aromatic carbocycles. The number of carbonyl (C=O) groups excluding carboxylic acids is 2. The highest BCUT2D eigenvalue weighted by atomic mass is 35.5. The monoisotopic (exact) mass is 538 g/mol. The Morgan fingerprint density at radius 3 is 2.35 bits per heavy atom. The van der Waals surface area contributed by atoms with E-state index in [0.717, 1.165) is 0 Å². The van der Waals surface area contributed by atoms with Gasteiger partial charge in [0.1, 0.15) is 22.8 Å². The fourth-order valence-corrected chi connectivity index (χ4v) is 3.81. The Hall–Kier alpha value is -4.13. The third-order valence-corrected chi connectivity index (χ3v) is 5.58. The molecule has 2 N–H and O–H groups in total. The van der Waals surface area contributed by atoms with Crippen LogP contribution < -0.4 is 10.6 Å². The van der Waals surface area contributed by atoms with Crippen molar-refractivity contribution in [1.82, 2.24) is 19.6 Å². The van der Waals surface area contributed by atoms with Gasteiger partial charge in [0.05, 0.1) is 11.6 Å². The van der Waals surface area contributed by atoms with Gasteiger partial charge in [-0.25, -0.2) is 17.6 Å². The number of aromatic nitrogens is 4. The van der Waals surface area contributed by atoms with Gasteiger partial charge < -0.3 is 15.1 Å². The van der Waals surface area contributed by atoms with Crippen LogP contribution in [0.15, 0.2) is 53.1 Å². The first-order valence-electron chi connectivity index (χ1n) is 10.8. The largest absolute Gasteiger partial charge is 0.454 e. The van der Waals surface area contributed by atoms with Crippen molar-refractivity contribution in [3.05, 3.63) is 82.3 Å². The molecule has 0 aliphatic carbocycles. The zero-order valence-electron chi connectivity index (χ0n) is 19.1. The van der Waals surface area contributed by atoms with E-state index in [1.807, 2.05) is 6.92 Å². The number of nitrogens with zero attached hydrogens (tertiary/aromatic N) is 4. The zero-order valence-corrected chi connectivity index (χ0v) is 19.8. The molecule has 37 heavy (non-hydrogen) atoms. The molecule has 0 radical (unpaired) electrons. The summed E-state index contributed by atoms with van der Waals surface area (Å²) >= 11 is 5.65. The fraction of sp³-hybridized carbons (Fsp3) is 0.217. The highest BCUT2D eigenvalue weighted by Crippen LogP contribution is 2.35. The number of aryl methyl sites for hydroxylation is 1. The van der Waals surface area contributed by atoms with Gasteiger partial charge in [0.15, 0.2) is 5.76 Å². The molecule has 4 aromatic rings. The van der Waals surface area contributed by atoms with Crippen molar-refractivity contribution < 1.29 is 31.6 Å². The van der Waals surface area contributed by atoms with Gasteiger partial charge in [-0.3, -0.25) is 19.0 Å². The third kappa shape index (κ3) is 5.66. The number of amides is 2. The number of hydrogen-bond donors (Lipinski definition) is 2. The number of benzene rings is 1. The average molecular weight is 539 g/mol. The topological polar surface area (TPSA) is 107 Å². The summed E-state index contributed by atoms with van der Waals surface area (Å²) in [5, 5.41) is 12.0. The third-order valence-electron chi connectivity index (χ3n) is 5.19. The molecular formula is C23H19ClF4N6O3. The van der Waals surface area contributed by atoms with Gasteiger partial charge in [-0.05, 0) is 43.3 Å². The highest BCUT2D eigenvalue weighted by Gasteiger charge is 2.28. The minimum Gasteiger partial charge on any atom is -0.454 e. The summed E-state index contributed by atoms with van der Waals surface area (Å²) in [6.07, 6.45) is -4.78. The van der Waals surface area contributed by atoms with Crippen molar-refractivity contribution in [2.75, 3.05) is 10.6 Å². The summed E-state index contributed by atoms with van der Waals surface area (Å²) in [5.74, 6) is -1.20. The number of rotatable bonds is 9. The summed E-state index contributed by atoms with van der Waals surface area (Å²) < 4.78 is 60.3. The molecule has 4 rings (SSSR count). The minimum atomic E-state index is -3.15. The number of anilines is 2. The van der Waals surface area contributed by atoms with E-state index in [1.165, 1.54) is 29.1 Å². The predicted octanol–water partition coefficient (Wildman–Crippen LogP) is 5.77. The summed E-state index contributed by atoms with van der Waals surface area (Å²) in [7, 11) is 0. The Kier molecular flexibility index (Phi) is 7.62. The van der Waals surface area contributed by atoms with Crippen LogP contribution in [0, 0.1) is 0 Å². The normalized spacial score (nSPS) is 11.4. The second-order valence-electron chi connectivity index (χ2n) is 7.63. The number of hydrogen-bond acceptors (Lipinski definition) is 5. The molecule has 194 valence electrons. The first-order chi connectivity index (χ1) is 17.7. The van der Waals surface area contributed by atoms with Crippen molar-refractivity contribution in [3.8, 4) is 0 Å². The summed E-state index contributed by atoms with van der Waals surface area (Å²) in [6, 6.07) is 10.6. The molecule has 0 fully saturated rings. The number of alkyl halides is 4. The van der Waals surface area contributed by atoms with Crippen LogP contribution in [0.25, 0.3) is 0 Å². The zero-order chi connectivity index (χ0) is 26.7. The van der Waals surface area contributed by atoms with Crippen molar-refractivity contribution in [3.63, 3.8) is 0 Å². The van der Waals surface area contributed by atoms with Crippen LogP contribution in [0.3, 0.4) is 0 Å². The van der Waals surface area contributed by atoms with Gasteiger partial charge in [-0.2, -0.15) is 10.2 Å². The Bertz CT molecular complexity index is 1430. The molecule has 3 heterocycles. The van der Waals surface area contributed by atoms with Crippen molar-refractivity contribution >= 4 is 34.8 Å². The molecule has 0 bridgehead atoms. The van der Waals surface area contributed by atoms with Crippen LogP contribution in [-0.4, -0.2) is 31.4 Å². The second kappa shape index (κ2) is 10.9. The van der Waals surface area contributed by atoms with Gasteiger partial charge in [0.2, 0.25) is 0 Å². The first kappa shape index (κ1) is 25.9. The Morgan fingerprint density at radius 1 is 1.00 bits per heavy atom. The maximum atomic E-state index is 13.4. The van der Waals surface area contributed by atoms with E-state index in [2.05, 4.69) is 20.8 Å². The SMILES string of the molecule is CCn1nccc1C(=O)Nc1cccc(NC(=O)c2ccc(Cn3nc(C(F)F)c(Cl)c3C(F)F)o2)c1. The molecule has 3 aromatic heterocycles. The molecule has 2 amide bonds. The molecule has 0 saturated heterocycles. The molecule has 0 aliphatic rings. The van der Waals surface area contributed by atoms with Crippen LogP contribution in [-0.2, 0) is 13.1 Å². The lowest BCUT2D eigenvalue weighted by atomic mass is 10.2. The van der Waals surface area contributed by atoms with E-state index >= 15 is 0 Å². The Balaban J connectivity index is 1.45. The second-order valence-corrected chi connectivity index (χ2v) is 8.01. The quantitative estimate of drug-likeness (QED) is 0.263. The average Bonchev–Trinajstić information content (AvgIpc) is 3.58. The van der Waals surface area contributed by atoms with Crippen molar-refractivity contribution in [2.45, 2.75) is 32.9 Å². The maximum Gasteiger partial charge on any atom is 0.291 e. The Labute approximate surface area is 212 Å². The van der Waals surface area contributed by atoms with Gasteiger partial charge >= 0.3 is 0 Å². The minimum absolute atomic E-state index is 0.0144. The van der Waals surface area contributed by atoms with Crippen LogP contribution in [0.4, 0.5) is 28.9 Å². The van der Waals surface area contributed by atoms with E-state index in [1.54, 1.807) is 24.3 Å². The summed E-state index contributed by atoms with van der Waals surface area (Å²) in [5.41, 5.74) is -0.719. The predicted molar refractivity (Wildman–Crippen MR) is 125 cm³/mol. The van der Waals surface area contributed by atoms with E-state index in [-0.39, 0.29) is 17.4 Å². The van der Waals surface area contributed by atoms with E-state index in [4.69, 9.17) is 16.0 Å². The first-order valence-corrected chi connectivity index (χ1v) is 11.2. The number of halogens is 5. The van der Waals surface area contributed by atoms with Crippen LogP contribution in [0.5, 0.6) is 0 Å². The summed E-state index contributed by atoms with van der Waals surface area (Å²) in [4.78, 5) is 25.2. The van der Waals surface area contributed by atoms with Crippen molar-refractivity contribution in [1.29, 1.82) is 0 Å². The fourth-order valence-electron chi connectivity index (χ4n) is 3.51. The number of nitrogens with one attached hydrogen (secondary N) is 2. The van der Waals surface area contributed by atoms with Gasteiger partial charge in [0, 0.05) is 24.1 Å².